The van der Waals surface area contributed by atoms with Crippen LogP contribution in [-0.4, -0.2) is 45.1 Å². The first kappa shape index (κ1) is 19.7. The smallest absolute Gasteiger partial charge is 0.239 e. The second-order valence-corrected chi connectivity index (χ2v) is 8.14. The Balaban J connectivity index is 1.32. The van der Waals surface area contributed by atoms with Crippen molar-refractivity contribution in [2.45, 2.75) is 31.2 Å². The van der Waals surface area contributed by atoms with Crippen LogP contribution in [0.1, 0.15) is 30.2 Å². The third kappa shape index (κ3) is 4.71. The van der Waals surface area contributed by atoms with Gasteiger partial charge in [0.25, 0.3) is 0 Å². The lowest BCUT2D eigenvalue weighted by Crippen LogP contribution is -2.47. The summed E-state index contributed by atoms with van der Waals surface area (Å²) in [5.74, 6) is 1.35. The Labute approximate surface area is 177 Å². The van der Waals surface area contributed by atoms with E-state index in [0.29, 0.717) is 31.2 Å². The Morgan fingerprint density at radius 2 is 1.86 bits per heavy atom. The Morgan fingerprint density at radius 3 is 2.55 bits per heavy atom. The molecule has 0 unspecified atom stereocenters. The molecule has 0 radical (unpaired) electrons. The van der Waals surface area contributed by atoms with Gasteiger partial charge in [0.1, 0.15) is 0 Å². The minimum Gasteiger partial charge on any atom is -0.341 e. The monoisotopic (exact) mass is 455 g/mol. The largest absolute Gasteiger partial charge is 0.341 e. The first-order valence-electron chi connectivity index (χ1n) is 9.63. The van der Waals surface area contributed by atoms with Gasteiger partial charge in [0, 0.05) is 41.4 Å². The molecule has 0 bridgehead atoms. The highest BCUT2D eigenvalue weighted by Gasteiger charge is 2.29. The number of likely N-dealkylation sites (tertiary alicyclic amines) is 1. The van der Waals surface area contributed by atoms with Gasteiger partial charge in [-0.3, -0.25) is 9.78 Å². The summed E-state index contributed by atoms with van der Waals surface area (Å²) < 4.78 is 6.49. The number of amides is 1. The van der Waals surface area contributed by atoms with Crippen LogP contribution in [0.5, 0.6) is 0 Å². The number of pyridine rings is 1. The topological polar surface area (TPSA) is 98.1 Å². The molecular weight excluding hydrogens is 434 g/mol. The molecule has 150 valence electrons. The van der Waals surface area contributed by atoms with Crippen molar-refractivity contribution in [3.05, 3.63) is 64.7 Å². The molecule has 1 atom stereocenters. The van der Waals surface area contributed by atoms with Gasteiger partial charge in [-0.05, 0) is 49.1 Å². The first-order chi connectivity index (χ1) is 14.1. The van der Waals surface area contributed by atoms with Crippen LogP contribution in [-0.2, 0) is 11.2 Å². The maximum absolute atomic E-state index is 12.7. The number of piperidine rings is 1. The second-order valence-electron chi connectivity index (χ2n) is 7.23. The van der Waals surface area contributed by atoms with E-state index in [1.807, 2.05) is 41.3 Å². The molecule has 0 aliphatic carbocycles. The molecule has 4 rings (SSSR count). The number of hydrogen-bond acceptors (Lipinski definition) is 6. The third-order valence-electron chi connectivity index (χ3n) is 5.22. The number of carbonyl (C=O) groups is 1. The highest BCUT2D eigenvalue weighted by molar-refractivity contribution is 9.10. The van der Waals surface area contributed by atoms with Crippen molar-refractivity contribution >= 4 is 21.8 Å². The van der Waals surface area contributed by atoms with E-state index in [1.54, 1.807) is 12.4 Å². The summed E-state index contributed by atoms with van der Waals surface area (Å²) in [6.07, 6.45) is 5.51. The molecule has 2 N–H and O–H groups in total. The van der Waals surface area contributed by atoms with Gasteiger partial charge in [0.05, 0.1) is 6.04 Å². The summed E-state index contributed by atoms with van der Waals surface area (Å²) in [7, 11) is 0. The quantitative estimate of drug-likeness (QED) is 0.634. The molecule has 0 saturated carbocycles. The van der Waals surface area contributed by atoms with E-state index < -0.39 is 6.04 Å². The van der Waals surface area contributed by atoms with E-state index in [-0.39, 0.29) is 11.8 Å². The molecule has 1 aliphatic heterocycles. The van der Waals surface area contributed by atoms with E-state index in [2.05, 4.69) is 31.1 Å². The fourth-order valence-electron chi connectivity index (χ4n) is 3.56. The number of rotatable bonds is 5. The van der Waals surface area contributed by atoms with E-state index >= 15 is 0 Å². The second kappa shape index (κ2) is 8.84. The summed E-state index contributed by atoms with van der Waals surface area (Å²) in [6, 6.07) is 11.1. The molecule has 29 heavy (non-hydrogen) atoms. The molecule has 1 aliphatic rings. The lowest BCUT2D eigenvalue weighted by atomic mass is 9.95. The number of carbonyl (C=O) groups excluding carboxylic acids is 1. The molecule has 1 fully saturated rings. The van der Waals surface area contributed by atoms with E-state index in [1.165, 1.54) is 0 Å². The summed E-state index contributed by atoms with van der Waals surface area (Å²) >= 11 is 3.42. The van der Waals surface area contributed by atoms with Crippen LogP contribution in [0.2, 0.25) is 0 Å². The number of benzene rings is 1. The van der Waals surface area contributed by atoms with Crippen LogP contribution >= 0.6 is 15.9 Å². The SMILES string of the molecule is N[C@H](Cc1ccc(Br)cc1)C(=O)N1CCC(c2nc(-c3ccncc3)no2)CC1. The summed E-state index contributed by atoms with van der Waals surface area (Å²) in [4.78, 5) is 23.1. The number of hydrogen-bond donors (Lipinski definition) is 1. The fraction of sp³-hybridized carbons (Fsp3) is 0.333. The maximum atomic E-state index is 12.7. The zero-order valence-corrected chi connectivity index (χ0v) is 17.5. The van der Waals surface area contributed by atoms with Crippen LogP contribution in [0.25, 0.3) is 11.4 Å². The normalized spacial score (nSPS) is 16.0. The Hall–Kier alpha value is -2.58. The Kier molecular flexibility index (Phi) is 6.01. The van der Waals surface area contributed by atoms with Gasteiger partial charge in [-0.25, -0.2) is 0 Å². The molecule has 0 spiro atoms. The lowest BCUT2D eigenvalue weighted by Gasteiger charge is -2.32. The van der Waals surface area contributed by atoms with Gasteiger partial charge in [-0.2, -0.15) is 4.98 Å². The lowest BCUT2D eigenvalue weighted by molar-refractivity contribution is -0.133. The zero-order chi connectivity index (χ0) is 20.2. The van der Waals surface area contributed by atoms with E-state index in [9.17, 15) is 4.79 Å². The van der Waals surface area contributed by atoms with Crippen molar-refractivity contribution in [2.24, 2.45) is 5.73 Å². The Bertz CT molecular complexity index is 953. The number of nitrogens with two attached hydrogens (primary N) is 1. The average molecular weight is 456 g/mol. The summed E-state index contributed by atoms with van der Waals surface area (Å²) in [5, 5.41) is 4.08. The molecule has 7 nitrogen and oxygen atoms in total. The van der Waals surface area contributed by atoms with Crippen LogP contribution in [0.4, 0.5) is 0 Å². The molecular formula is C21H22BrN5O2. The standard InChI is InChI=1S/C21H22BrN5O2/c22-17-3-1-14(2-4-17)13-18(23)21(28)27-11-7-16(8-12-27)20-25-19(26-29-20)15-5-9-24-10-6-15/h1-6,9-10,16,18H,7-8,11-13,23H2/t18-/m1/s1. The first-order valence-corrected chi connectivity index (χ1v) is 10.4. The molecule has 1 amide bonds. The molecule has 1 aromatic carbocycles. The van der Waals surface area contributed by atoms with Crippen molar-refractivity contribution in [3.8, 4) is 11.4 Å². The van der Waals surface area contributed by atoms with Crippen LogP contribution in [0, 0.1) is 0 Å². The van der Waals surface area contributed by atoms with Crippen molar-refractivity contribution in [1.29, 1.82) is 0 Å². The molecule has 1 saturated heterocycles. The van der Waals surface area contributed by atoms with Crippen molar-refractivity contribution in [2.75, 3.05) is 13.1 Å². The van der Waals surface area contributed by atoms with Crippen LogP contribution in [0.3, 0.4) is 0 Å². The van der Waals surface area contributed by atoms with E-state index in [0.717, 1.165) is 28.4 Å². The highest BCUT2D eigenvalue weighted by Crippen LogP contribution is 2.28. The number of nitrogens with zero attached hydrogens (tertiary/aromatic N) is 4. The van der Waals surface area contributed by atoms with Gasteiger partial charge in [-0.1, -0.05) is 33.2 Å². The Morgan fingerprint density at radius 1 is 1.17 bits per heavy atom. The predicted octanol–water partition coefficient (Wildman–Crippen LogP) is 3.17. The molecule has 3 aromatic rings. The van der Waals surface area contributed by atoms with E-state index in [4.69, 9.17) is 10.3 Å². The highest BCUT2D eigenvalue weighted by atomic mass is 79.9. The molecule has 8 heteroatoms. The fourth-order valence-corrected chi connectivity index (χ4v) is 3.83. The minimum absolute atomic E-state index is 0.00521. The van der Waals surface area contributed by atoms with Crippen LogP contribution < -0.4 is 5.73 Å². The van der Waals surface area contributed by atoms with Crippen molar-refractivity contribution in [3.63, 3.8) is 0 Å². The molecule has 2 aromatic heterocycles. The summed E-state index contributed by atoms with van der Waals surface area (Å²) in [6.45, 7) is 1.29. The van der Waals surface area contributed by atoms with Gasteiger partial charge in [0.15, 0.2) is 0 Å². The minimum atomic E-state index is -0.533. The van der Waals surface area contributed by atoms with Crippen LogP contribution in [0.15, 0.2) is 57.8 Å². The number of aromatic nitrogens is 3. The number of halogens is 1. The predicted molar refractivity (Wildman–Crippen MR) is 112 cm³/mol. The zero-order valence-electron chi connectivity index (χ0n) is 15.9. The average Bonchev–Trinajstić information content (AvgIpc) is 3.26. The summed E-state index contributed by atoms with van der Waals surface area (Å²) in [5.41, 5.74) is 8.11. The van der Waals surface area contributed by atoms with Gasteiger partial charge >= 0.3 is 0 Å². The van der Waals surface area contributed by atoms with Crippen molar-refractivity contribution < 1.29 is 9.32 Å². The van der Waals surface area contributed by atoms with Crippen molar-refractivity contribution in [1.82, 2.24) is 20.0 Å². The maximum Gasteiger partial charge on any atom is 0.239 e. The third-order valence-corrected chi connectivity index (χ3v) is 5.75. The van der Waals surface area contributed by atoms with Gasteiger partial charge in [0.2, 0.25) is 17.6 Å². The van der Waals surface area contributed by atoms with Gasteiger partial charge in [-0.15, -0.1) is 0 Å². The molecule has 3 heterocycles. The van der Waals surface area contributed by atoms with Gasteiger partial charge < -0.3 is 15.2 Å².